The second-order valence-electron chi connectivity index (χ2n) is 13.1. The number of hydrogen-bond acceptors (Lipinski definition) is 3. The Morgan fingerprint density at radius 2 is 1.53 bits per heavy atom. The van der Waals surface area contributed by atoms with Gasteiger partial charge in [-0.3, -0.25) is 4.90 Å². The predicted octanol–water partition coefficient (Wildman–Crippen LogP) is 4.56. The molecule has 2 N–H and O–H groups in total. The summed E-state index contributed by atoms with van der Waals surface area (Å²) in [6, 6.07) is 0.853. The van der Waals surface area contributed by atoms with Crippen molar-refractivity contribution in [3.8, 4) is 0 Å². The van der Waals surface area contributed by atoms with Crippen LogP contribution in [0.15, 0.2) is 0 Å². The molecule has 2 heterocycles. The summed E-state index contributed by atoms with van der Waals surface area (Å²) in [4.78, 5) is 2.92. The second-order valence-corrected chi connectivity index (χ2v) is 13.1. The van der Waals surface area contributed by atoms with Gasteiger partial charge in [-0.25, -0.2) is 0 Å². The standard InChI is InChI=1S/C27H45NO2/c1-15-4-7-25-16(2)18-5-6-19-20(22(18)14-28(25)13-15)11-23-21(19)12-26(30)24-10-17(29)8-9-27(23,24)3/h15-26,29-30H,4-14H2,1-3H3/t15-,16-,17-,18+,19+,20+,21-,22+,23-,24+,25+,26+,27+/m0/s1. The molecule has 0 unspecified atom stereocenters. The van der Waals surface area contributed by atoms with Gasteiger partial charge in [-0.15, -0.1) is 0 Å². The molecule has 0 aromatic heterocycles. The third kappa shape index (κ3) is 2.86. The Hall–Kier alpha value is -0.120. The molecule has 30 heavy (non-hydrogen) atoms. The first-order chi connectivity index (χ1) is 14.4. The Labute approximate surface area is 184 Å². The van der Waals surface area contributed by atoms with Gasteiger partial charge in [-0.05, 0) is 116 Å². The van der Waals surface area contributed by atoms with Crippen molar-refractivity contribution in [3.05, 3.63) is 0 Å². The molecule has 0 aromatic carbocycles. The van der Waals surface area contributed by atoms with Crippen LogP contribution in [-0.2, 0) is 0 Å². The molecule has 3 nitrogen and oxygen atoms in total. The third-order valence-electron chi connectivity index (χ3n) is 12.0. The summed E-state index contributed by atoms with van der Waals surface area (Å²) in [6.07, 6.45) is 10.7. The summed E-state index contributed by atoms with van der Waals surface area (Å²) in [7, 11) is 0. The summed E-state index contributed by atoms with van der Waals surface area (Å²) < 4.78 is 0. The van der Waals surface area contributed by atoms with Crippen LogP contribution in [0.3, 0.4) is 0 Å². The molecule has 2 saturated heterocycles. The highest BCUT2D eigenvalue weighted by Gasteiger charge is 2.62. The first-order valence-electron chi connectivity index (χ1n) is 13.5. The molecule has 13 atom stereocenters. The van der Waals surface area contributed by atoms with Crippen molar-refractivity contribution in [2.75, 3.05) is 13.1 Å². The Morgan fingerprint density at radius 1 is 0.733 bits per heavy atom. The number of rotatable bonds is 0. The van der Waals surface area contributed by atoms with Crippen LogP contribution in [-0.4, -0.2) is 46.5 Å². The zero-order chi connectivity index (χ0) is 20.8. The molecule has 2 aliphatic heterocycles. The van der Waals surface area contributed by atoms with E-state index in [-0.39, 0.29) is 17.6 Å². The van der Waals surface area contributed by atoms with Gasteiger partial charge in [0.25, 0.3) is 0 Å². The molecule has 0 aromatic rings. The monoisotopic (exact) mass is 415 g/mol. The largest absolute Gasteiger partial charge is 0.393 e. The lowest BCUT2D eigenvalue weighted by molar-refractivity contribution is -0.130. The molecule has 6 aliphatic rings. The van der Waals surface area contributed by atoms with Crippen molar-refractivity contribution in [2.45, 2.75) is 96.8 Å². The van der Waals surface area contributed by atoms with Crippen molar-refractivity contribution >= 4 is 0 Å². The van der Waals surface area contributed by atoms with Gasteiger partial charge in [0.2, 0.25) is 0 Å². The lowest BCUT2D eigenvalue weighted by Crippen LogP contribution is -2.58. The van der Waals surface area contributed by atoms with E-state index >= 15 is 0 Å². The molecule has 4 aliphatic carbocycles. The van der Waals surface area contributed by atoms with Crippen LogP contribution in [0.2, 0.25) is 0 Å². The topological polar surface area (TPSA) is 43.7 Å². The number of hydrogen-bond donors (Lipinski definition) is 2. The molecule has 6 fully saturated rings. The Kier molecular flexibility index (Phi) is 4.91. The van der Waals surface area contributed by atoms with Crippen molar-refractivity contribution in [1.29, 1.82) is 0 Å². The molecule has 3 heteroatoms. The van der Waals surface area contributed by atoms with E-state index in [0.717, 1.165) is 79.1 Å². The third-order valence-corrected chi connectivity index (χ3v) is 12.0. The van der Waals surface area contributed by atoms with Crippen LogP contribution in [0.25, 0.3) is 0 Å². The van der Waals surface area contributed by atoms with Gasteiger partial charge in [0.15, 0.2) is 0 Å². The van der Waals surface area contributed by atoms with Crippen molar-refractivity contribution < 1.29 is 10.2 Å². The van der Waals surface area contributed by atoms with Crippen molar-refractivity contribution in [3.63, 3.8) is 0 Å². The van der Waals surface area contributed by atoms with Gasteiger partial charge >= 0.3 is 0 Å². The summed E-state index contributed by atoms with van der Waals surface area (Å²) in [5.74, 6) is 7.22. The fraction of sp³-hybridized carbons (Fsp3) is 1.00. The maximum atomic E-state index is 11.2. The van der Waals surface area contributed by atoms with Crippen LogP contribution in [0.1, 0.15) is 78.6 Å². The average molecular weight is 416 g/mol. The van der Waals surface area contributed by atoms with Gasteiger partial charge in [-0.1, -0.05) is 20.8 Å². The van der Waals surface area contributed by atoms with E-state index in [1.165, 1.54) is 45.2 Å². The van der Waals surface area contributed by atoms with Crippen LogP contribution >= 0.6 is 0 Å². The van der Waals surface area contributed by atoms with Gasteiger partial charge in [0, 0.05) is 19.1 Å². The lowest BCUT2D eigenvalue weighted by atomic mass is 9.51. The summed E-state index contributed by atoms with van der Waals surface area (Å²) in [5, 5.41) is 21.5. The molecule has 0 radical (unpaired) electrons. The smallest absolute Gasteiger partial charge is 0.0577 e. The van der Waals surface area contributed by atoms with E-state index in [0.29, 0.717) is 5.92 Å². The van der Waals surface area contributed by atoms with Gasteiger partial charge < -0.3 is 10.2 Å². The van der Waals surface area contributed by atoms with E-state index in [9.17, 15) is 10.2 Å². The Bertz CT molecular complexity index is 665. The average Bonchev–Trinajstić information content (AvgIpc) is 3.09. The fourth-order valence-corrected chi connectivity index (χ4v) is 10.6. The van der Waals surface area contributed by atoms with Crippen LogP contribution in [0.5, 0.6) is 0 Å². The van der Waals surface area contributed by atoms with E-state index < -0.39 is 0 Å². The van der Waals surface area contributed by atoms with Gasteiger partial charge in [-0.2, -0.15) is 0 Å². The minimum atomic E-state index is -0.181. The molecular weight excluding hydrogens is 370 g/mol. The number of nitrogens with zero attached hydrogens (tertiary/aromatic N) is 1. The van der Waals surface area contributed by atoms with E-state index in [1.807, 2.05) is 0 Å². The SMILES string of the molecule is C[C@H]1CC[C@@H]2[C@@H](C)[C@H]3CC[C@@H]4[C@@H](C[C@H]5[C@H]4C[C@@H](O)[C@H]4C[C@@H](O)CC[C@@]45C)[C@@H]3CN2C1. The molecule has 0 spiro atoms. The Balaban J connectivity index is 1.28. The van der Waals surface area contributed by atoms with Gasteiger partial charge in [0.05, 0.1) is 12.2 Å². The van der Waals surface area contributed by atoms with E-state index in [4.69, 9.17) is 0 Å². The quantitative estimate of drug-likeness (QED) is 0.609. The van der Waals surface area contributed by atoms with E-state index in [2.05, 4.69) is 25.7 Å². The highest BCUT2D eigenvalue weighted by molar-refractivity contribution is 5.12. The number of aliphatic hydroxyl groups excluding tert-OH is 2. The summed E-state index contributed by atoms with van der Waals surface area (Å²) >= 11 is 0. The lowest BCUT2D eigenvalue weighted by Gasteiger charge is -2.56. The number of piperidine rings is 2. The minimum Gasteiger partial charge on any atom is -0.393 e. The molecular formula is C27H45NO2. The van der Waals surface area contributed by atoms with Crippen molar-refractivity contribution in [2.24, 2.45) is 58.7 Å². The molecule has 170 valence electrons. The van der Waals surface area contributed by atoms with Crippen molar-refractivity contribution in [1.82, 2.24) is 4.90 Å². The van der Waals surface area contributed by atoms with Crippen LogP contribution in [0, 0.1) is 58.7 Å². The Morgan fingerprint density at radius 3 is 2.37 bits per heavy atom. The minimum absolute atomic E-state index is 0.180. The highest BCUT2D eigenvalue weighted by atomic mass is 16.3. The summed E-state index contributed by atoms with van der Waals surface area (Å²) in [5.41, 5.74) is 0.261. The normalized spacial score (nSPS) is 60.7. The number of aliphatic hydroxyl groups is 2. The first kappa shape index (κ1) is 20.5. The maximum Gasteiger partial charge on any atom is 0.0577 e. The first-order valence-corrected chi connectivity index (χ1v) is 13.5. The zero-order valence-corrected chi connectivity index (χ0v) is 19.5. The van der Waals surface area contributed by atoms with Crippen LogP contribution < -0.4 is 0 Å². The molecule has 0 bridgehead atoms. The molecule has 6 rings (SSSR count). The molecule has 0 amide bonds. The fourth-order valence-electron chi connectivity index (χ4n) is 10.6. The van der Waals surface area contributed by atoms with E-state index in [1.54, 1.807) is 0 Å². The van der Waals surface area contributed by atoms with Gasteiger partial charge in [0.1, 0.15) is 0 Å². The maximum absolute atomic E-state index is 11.2. The van der Waals surface area contributed by atoms with Crippen LogP contribution in [0.4, 0.5) is 0 Å². The summed E-state index contributed by atoms with van der Waals surface area (Å²) in [6.45, 7) is 10.3. The number of fused-ring (bicyclic) bond motifs is 8. The molecule has 4 saturated carbocycles. The highest BCUT2D eigenvalue weighted by Crippen LogP contribution is 2.67. The predicted molar refractivity (Wildman–Crippen MR) is 120 cm³/mol. The second kappa shape index (κ2) is 7.19. The zero-order valence-electron chi connectivity index (χ0n) is 19.5.